The molecule has 0 bridgehead atoms. The molecular weight excluding hydrogens is 419 g/mol. The van der Waals surface area contributed by atoms with Crippen molar-refractivity contribution in [2.75, 3.05) is 24.2 Å². The Morgan fingerprint density at radius 3 is 2.78 bits per heavy atom. The third-order valence-electron chi connectivity index (χ3n) is 6.81. The third-order valence-corrected chi connectivity index (χ3v) is 10.2. The van der Waals surface area contributed by atoms with Gasteiger partial charge < -0.3 is 19.8 Å². The number of aromatic nitrogens is 3. The molecule has 5 rings (SSSR count). The molecule has 2 N–H and O–H groups in total. The van der Waals surface area contributed by atoms with Crippen LogP contribution in [0, 0.1) is 18.3 Å². The maximum absolute atomic E-state index is 13.9. The monoisotopic (exact) mass is 448 g/mol. The molecular formula is C24H29N6OP. The number of piperidine rings is 1. The van der Waals surface area contributed by atoms with Crippen LogP contribution < -0.4 is 15.9 Å². The van der Waals surface area contributed by atoms with Crippen molar-refractivity contribution in [3.8, 4) is 11.9 Å². The number of hydrogen-bond acceptors (Lipinski definition) is 6. The van der Waals surface area contributed by atoms with E-state index in [1.807, 2.05) is 42.1 Å². The second-order valence-electron chi connectivity index (χ2n) is 9.17. The lowest BCUT2D eigenvalue weighted by molar-refractivity contribution is 0.397. The molecule has 0 unspecified atom stereocenters. The van der Waals surface area contributed by atoms with E-state index >= 15 is 0 Å². The van der Waals surface area contributed by atoms with Crippen molar-refractivity contribution in [1.82, 2.24) is 19.9 Å². The lowest BCUT2D eigenvalue weighted by Crippen LogP contribution is -2.43. The van der Waals surface area contributed by atoms with E-state index in [1.54, 1.807) is 0 Å². The number of nitrogens with zero attached hydrogens (tertiary/aromatic N) is 4. The number of aryl methyl sites for hydroxylation is 1. The van der Waals surface area contributed by atoms with Crippen LogP contribution in [0.25, 0.3) is 16.7 Å². The van der Waals surface area contributed by atoms with Gasteiger partial charge in [-0.3, -0.25) is 0 Å². The third kappa shape index (κ3) is 3.72. The molecule has 3 aromatic rings. The summed E-state index contributed by atoms with van der Waals surface area (Å²) in [5.74, 6) is 1.36. The van der Waals surface area contributed by atoms with Gasteiger partial charge in [-0.2, -0.15) is 10.2 Å². The Bertz CT molecular complexity index is 1240. The summed E-state index contributed by atoms with van der Waals surface area (Å²) in [5, 5.41) is 18.5. The van der Waals surface area contributed by atoms with Crippen LogP contribution >= 0.6 is 7.14 Å². The fourth-order valence-corrected chi connectivity index (χ4v) is 8.34. The molecule has 0 amide bonds. The highest BCUT2D eigenvalue weighted by Gasteiger charge is 2.34. The van der Waals surface area contributed by atoms with Gasteiger partial charge in [-0.05, 0) is 51.7 Å². The van der Waals surface area contributed by atoms with Crippen molar-refractivity contribution >= 4 is 29.3 Å². The molecule has 2 aromatic heterocycles. The molecule has 0 aliphatic carbocycles. The molecule has 2 aliphatic heterocycles. The summed E-state index contributed by atoms with van der Waals surface area (Å²) in [7, 11) is -2.61. The molecule has 4 heterocycles. The van der Waals surface area contributed by atoms with Gasteiger partial charge in [0.25, 0.3) is 0 Å². The summed E-state index contributed by atoms with van der Waals surface area (Å²) >= 11 is 0. The average molecular weight is 449 g/mol. The molecule has 166 valence electrons. The molecule has 7 nitrogen and oxygen atoms in total. The molecule has 32 heavy (non-hydrogen) atoms. The molecule has 0 radical (unpaired) electrons. The largest absolute Gasteiger partial charge is 0.350 e. The minimum Gasteiger partial charge on any atom is -0.350 e. The van der Waals surface area contributed by atoms with Gasteiger partial charge in [0.05, 0.1) is 22.5 Å². The van der Waals surface area contributed by atoms with E-state index in [9.17, 15) is 9.83 Å². The Hall–Kier alpha value is -2.68. The minimum atomic E-state index is -2.61. The number of nitriles is 1. The zero-order valence-corrected chi connectivity index (χ0v) is 19.5. The van der Waals surface area contributed by atoms with Gasteiger partial charge >= 0.3 is 0 Å². The number of fused-ring (bicyclic) bond motifs is 1. The Labute approximate surface area is 188 Å². The maximum atomic E-state index is 13.9. The highest BCUT2D eigenvalue weighted by atomic mass is 31.2. The standard InChI is InChI=1S/C24H29N6OP/c1-16-14-27-24(28-20-8-5-17(2)26-15-20)29-23(16)30-10-9-18-6-7-19(13-25)22(21(18)30)32(31)11-3-4-12-32/h6-7,9-10,14,17,20,26H,3-5,8,11-12,15H2,1-2H3,(H,27,28,29)/t17-,20-/m0/s1. The van der Waals surface area contributed by atoms with Gasteiger partial charge in [0.1, 0.15) is 13.0 Å². The predicted octanol–water partition coefficient (Wildman–Crippen LogP) is 3.94. The maximum Gasteiger partial charge on any atom is 0.224 e. The zero-order valence-electron chi connectivity index (χ0n) is 18.6. The van der Waals surface area contributed by atoms with Crippen LogP contribution in [0.5, 0.6) is 0 Å². The zero-order chi connectivity index (χ0) is 22.3. The Morgan fingerprint density at radius 1 is 1.25 bits per heavy atom. The molecule has 1 aromatic carbocycles. The van der Waals surface area contributed by atoms with Crippen LogP contribution in [0.4, 0.5) is 5.95 Å². The number of nitrogens with one attached hydrogen (secondary N) is 2. The lowest BCUT2D eigenvalue weighted by atomic mass is 10.0. The molecule has 0 spiro atoms. The van der Waals surface area contributed by atoms with Gasteiger partial charge in [-0.1, -0.05) is 6.07 Å². The summed E-state index contributed by atoms with van der Waals surface area (Å²) in [6.07, 6.45) is 9.26. The molecule has 2 fully saturated rings. The summed E-state index contributed by atoms with van der Waals surface area (Å²) in [4.78, 5) is 9.38. The summed E-state index contributed by atoms with van der Waals surface area (Å²) in [6.45, 7) is 5.08. The van der Waals surface area contributed by atoms with Gasteiger partial charge in [0.2, 0.25) is 5.95 Å². The van der Waals surface area contributed by atoms with E-state index in [2.05, 4.69) is 28.6 Å². The minimum absolute atomic E-state index is 0.290. The van der Waals surface area contributed by atoms with Crippen molar-refractivity contribution in [3.05, 3.63) is 41.7 Å². The van der Waals surface area contributed by atoms with Gasteiger partial charge in [-0.15, -0.1) is 0 Å². The van der Waals surface area contributed by atoms with Crippen LogP contribution in [0.15, 0.2) is 30.6 Å². The van der Waals surface area contributed by atoms with Gasteiger partial charge in [0, 0.05) is 54.3 Å². The first kappa shape index (κ1) is 21.2. The van der Waals surface area contributed by atoms with E-state index in [4.69, 9.17) is 4.98 Å². The van der Waals surface area contributed by atoms with Crippen LogP contribution in [0.3, 0.4) is 0 Å². The Kier molecular flexibility index (Phi) is 5.53. The van der Waals surface area contributed by atoms with E-state index in [-0.39, 0.29) is 0 Å². The van der Waals surface area contributed by atoms with E-state index in [1.165, 1.54) is 0 Å². The molecule has 2 atom stereocenters. The summed E-state index contributed by atoms with van der Waals surface area (Å²) in [6, 6.07) is 8.91. The smallest absolute Gasteiger partial charge is 0.224 e. The second-order valence-corrected chi connectivity index (χ2v) is 12.3. The highest BCUT2D eigenvalue weighted by Crippen LogP contribution is 2.53. The van der Waals surface area contributed by atoms with Crippen LogP contribution in [-0.2, 0) is 4.57 Å². The lowest BCUT2D eigenvalue weighted by Gasteiger charge is -2.28. The fourth-order valence-electron chi connectivity index (χ4n) is 5.01. The Balaban J connectivity index is 1.61. The van der Waals surface area contributed by atoms with Crippen molar-refractivity contribution in [2.45, 2.75) is 51.6 Å². The van der Waals surface area contributed by atoms with Crippen LogP contribution in [0.2, 0.25) is 0 Å². The fraction of sp³-hybridized carbons (Fsp3) is 0.458. The topological polar surface area (TPSA) is 95.6 Å². The first-order valence-electron chi connectivity index (χ1n) is 11.5. The Morgan fingerprint density at radius 2 is 2.06 bits per heavy atom. The molecule has 8 heteroatoms. The van der Waals surface area contributed by atoms with Crippen LogP contribution in [-0.4, -0.2) is 45.5 Å². The molecule has 0 saturated carbocycles. The number of benzene rings is 1. The average Bonchev–Trinajstić information content (AvgIpc) is 3.43. The van der Waals surface area contributed by atoms with Crippen molar-refractivity contribution in [2.24, 2.45) is 0 Å². The SMILES string of the molecule is Cc1cnc(N[C@H]2CC[C@H](C)NC2)nc1-n1ccc2ccc(C#N)c(P3(=O)CCCC3)c21. The number of anilines is 1. The predicted molar refractivity (Wildman–Crippen MR) is 129 cm³/mol. The highest BCUT2D eigenvalue weighted by molar-refractivity contribution is 7.72. The van der Waals surface area contributed by atoms with Crippen molar-refractivity contribution < 1.29 is 4.57 Å². The number of rotatable bonds is 4. The first-order chi connectivity index (χ1) is 15.5. The summed E-state index contributed by atoms with van der Waals surface area (Å²) < 4.78 is 15.9. The van der Waals surface area contributed by atoms with Crippen molar-refractivity contribution in [3.63, 3.8) is 0 Å². The second kappa shape index (κ2) is 8.35. The van der Waals surface area contributed by atoms with Gasteiger partial charge in [-0.25, -0.2) is 4.98 Å². The van der Waals surface area contributed by atoms with E-state index in [0.717, 1.165) is 59.8 Å². The first-order valence-corrected chi connectivity index (χ1v) is 13.5. The van der Waals surface area contributed by atoms with E-state index < -0.39 is 7.14 Å². The normalized spacial score (nSPS) is 22.7. The van der Waals surface area contributed by atoms with E-state index in [0.29, 0.717) is 35.9 Å². The summed E-state index contributed by atoms with van der Waals surface area (Å²) in [5.41, 5.74) is 2.31. The van der Waals surface area contributed by atoms with Gasteiger partial charge in [0.15, 0.2) is 0 Å². The van der Waals surface area contributed by atoms with Crippen LogP contribution in [0.1, 0.15) is 43.7 Å². The van der Waals surface area contributed by atoms with Crippen molar-refractivity contribution in [1.29, 1.82) is 5.26 Å². The molecule has 2 aliphatic rings. The molecule has 2 saturated heterocycles. The number of hydrogen-bond donors (Lipinski definition) is 2. The quantitative estimate of drug-likeness (QED) is 0.587.